The number of rotatable bonds is 8. The molecule has 2 aromatic carbocycles. The lowest BCUT2D eigenvalue weighted by molar-refractivity contribution is -0.118. The normalized spacial score (nSPS) is 11.3. The molecule has 0 unspecified atom stereocenters. The minimum absolute atomic E-state index is 0.288. The van der Waals surface area contributed by atoms with Gasteiger partial charge in [0.1, 0.15) is 0 Å². The summed E-state index contributed by atoms with van der Waals surface area (Å²) in [5.41, 5.74) is 15.0. The van der Waals surface area contributed by atoms with Crippen molar-refractivity contribution in [1.82, 2.24) is 9.97 Å². The summed E-state index contributed by atoms with van der Waals surface area (Å²) in [5, 5.41) is 4.12. The van der Waals surface area contributed by atoms with Crippen molar-refractivity contribution in [1.29, 1.82) is 0 Å². The highest BCUT2D eigenvalue weighted by molar-refractivity contribution is 7.99. The number of nitrogens with one attached hydrogen (secondary N) is 2. The number of aromatic amines is 2. The van der Waals surface area contributed by atoms with Crippen molar-refractivity contribution in [2.45, 2.75) is 35.7 Å². The summed E-state index contributed by atoms with van der Waals surface area (Å²) in [7, 11) is 0. The second-order valence-electron chi connectivity index (χ2n) is 6.99. The highest BCUT2D eigenvalue weighted by Crippen LogP contribution is 2.39. The van der Waals surface area contributed by atoms with Crippen LogP contribution in [0.5, 0.6) is 0 Å². The number of primary amides is 2. The van der Waals surface area contributed by atoms with Gasteiger partial charge in [-0.3, -0.25) is 9.59 Å². The highest BCUT2D eigenvalue weighted by Gasteiger charge is 2.18. The van der Waals surface area contributed by atoms with Gasteiger partial charge >= 0.3 is 0 Å². The Balaban J connectivity index is 1.77. The fourth-order valence-corrected chi connectivity index (χ4v) is 4.82. The number of benzene rings is 2. The molecular formula is C22H22N4O2S. The minimum Gasteiger partial charge on any atom is -0.370 e. The molecule has 0 spiro atoms. The van der Waals surface area contributed by atoms with E-state index < -0.39 is 0 Å². The van der Waals surface area contributed by atoms with Gasteiger partial charge in [-0.25, -0.2) is 0 Å². The summed E-state index contributed by atoms with van der Waals surface area (Å²) in [6.45, 7) is 0. The molecule has 7 heteroatoms. The molecule has 0 aliphatic carbocycles. The number of aryl methyl sites for hydroxylation is 2. The van der Waals surface area contributed by atoms with Crippen molar-refractivity contribution in [3.63, 3.8) is 0 Å². The molecule has 2 heterocycles. The van der Waals surface area contributed by atoms with Crippen molar-refractivity contribution in [3.8, 4) is 0 Å². The zero-order valence-corrected chi connectivity index (χ0v) is 16.6. The van der Waals surface area contributed by atoms with Crippen molar-refractivity contribution >= 4 is 45.4 Å². The molecule has 0 bridgehead atoms. The van der Waals surface area contributed by atoms with Crippen LogP contribution in [0.2, 0.25) is 0 Å². The summed E-state index contributed by atoms with van der Waals surface area (Å²) in [6.07, 6.45) is 1.71. The molecule has 0 aliphatic rings. The van der Waals surface area contributed by atoms with Gasteiger partial charge in [0.15, 0.2) is 0 Å². The van der Waals surface area contributed by atoms with Gasteiger partial charge in [0, 0.05) is 34.6 Å². The third-order valence-corrected chi connectivity index (χ3v) is 6.10. The van der Waals surface area contributed by atoms with Crippen LogP contribution in [-0.2, 0) is 22.4 Å². The third kappa shape index (κ3) is 4.00. The van der Waals surface area contributed by atoms with Crippen molar-refractivity contribution in [3.05, 3.63) is 59.7 Å². The van der Waals surface area contributed by atoms with E-state index in [9.17, 15) is 9.59 Å². The molecule has 4 rings (SSSR count). The number of amides is 2. The van der Waals surface area contributed by atoms with E-state index in [1.165, 1.54) is 0 Å². The lowest BCUT2D eigenvalue weighted by Gasteiger charge is -2.06. The summed E-state index contributed by atoms with van der Waals surface area (Å²) in [4.78, 5) is 29.7. The van der Waals surface area contributed by atoms with E-state index in [1.807, 2.05) is 48.5 Å². The Morgan fingerprint density at radius 2 is 1.14 bits per heavy atom. The number of carbonyl (C=O) groups excluding carboxylic acids is 2. The number of fused-ring (bicyclic) bond motifs is 2. The van der Waals surface area contributed by atoms with Gasteiger partial charge in [-0.15, -0.1) is 0 Å². The number of para-hydroxylation sites is 2. The number of hydrogen-bond donors (Lipinski definition) is 4. The molecule has 148 valence electrons. The fraction of sp³-hybridized carbons (Fsp3) is 0.182. The zero-order chi connectivity index (χ0) is 20.4. The molecule has 0 saturated heterocycles. The third-order valence-electron chi connectivity index (χ3n) is 5.00. The van der Waals surface area contributed by atoms with Crippen molar-refractivity contribution < 1.29 is 9.59 Å². The standard InChI is InChI=1S/C22H22N4O2S/c23-19(27)11-9-15-13-5-1-3-7-17(13)25-21(15)29-22-16(10-12-20(24)28)14-6-2-4-8-18(14)26-22/h1-8,25-26H,9-12H2,(H2,23,27)(H2,24,28). The molecule has 6 nitrogen and oxygen atoms in total. The lowest BCUT2D eigenvalue weighted by atomic mass is 10.1. The van der Waals surface area contributed by atoms with Crippen molar-refractivity contribution in [2.75, 3.05) is 0 Å². The first-order valence-corrected chi connectivity index (χ1v) is 10.3. The predicted octanol–water partition coefficient (Wildman–Crippen LogP) is 3.64. The molecule has 2 aromatic heterocycles. The fourth-order valence-electron chi connectivity index (χ4n) is 3.62. The van der Waals surface area contributed by atoms with E-state index in [2.05, 4.69) is 9.97 Å². The lowest BCUT2D eigenvalue weighted by Crippen LogP contribution is -2.11. The number of carbonyl (C=O) groups is 2. The van der Waals surface area contributed by atoms with Gasteiger partial charge in [-0.2, -0.15) is 0 Å². The van der Waals surface area contributed by atoms with E-state index in [1.54, 1.807) is 11.8 Å². The molecule has 0 fully saturated rings. The first-order chi connectivity index (χ1) is 14.0. The highest BCUT2D eigenvalue weighted by atomic mass is 32.2. The maximum absolute atomic E-state index is 11.4. The quantitative estimate of drug-likeness (QED) is 0.358. The number of aromatic nitrogens is 2. The molecule has 2 amide bonds. The monoisotopic (exact) mass is 406 g/mol. The van der Waals surface area contributed by atoms with Crippen LogP contribution in [0.25, 0.3) is 21.8 Å². The number of hydrogen-bond acceptors (Lipinski definition) is 3. The second kappa shape index (κ2) is 8.05. The summed E-state index contributed by atoms with van der Waals surface area (Å²) >= 11 is 1.58. The van der Waals surface area contributed by atoms with Gasteiger partial charge < -0.3 is 21.4 Å². The first kappa shape index (κ1) is 19.1. The van der Waals surface area contributed by atoms with E-state index in [4.69, 9.17) is 11.5 Å². The van der Waals surface area contributed by atoms with Gasteiger partial charge in [0.2, 0.25) is 11.8 Å². The molecule has 29 heavy (non-hydrogen) atoms. The maximum Gasteiger partial charge on any atom is 0.217 e. The molecule has 4 aromatic rings. The summed E-state index contributed by atoms with van der Waals surface area (Å²) < 4.78 is 0. The Morgan fingerprint density at radius 1 is 0.724 bits per heavy atom. The Hall–Kier alpha value is -3.19. The van der Waals surface area contributed by atoms with Gasteiger partial charge in [-0.1, -0.05) is 48.2 Å². The van der Waals surface area contributed by atoms with Crippen LogP contribution < -0.4 is 11.5 Å². The summed E-state index contributed by atoms with van der Waals surface area (Å²) in [6, 6.07) is 16.1. The second-order valence-corrected chi connectivity index (χ2v) is 8.01. The average molecular weight is 407 g/mol. The van der Waals surface area contributed by atoms with Crippen LogP contribution >= 0.6 is 11.8 Å². The average Bonchev–Trinajstić information content (AvgIpc) is 3.22. The van der Waals surface area contributed by atoms with E-state index in [0.717, 1.165) is 43.0 Å². The topological polar surface area (TPSA) is 118 Å². The Labute approximate surface area is 172 Å². The van der Waals surface area contributed by atoms with Crippen LogP contribution in [0.1, 0.15) is 24.0 Å². The van der Waals surface area contributed by atoms with E-state index in [-0.39, 0.29) is 24.7 Å². The zero-order valence-electron chi connectivity index (χ0n) is 15.8. The van der Waals surface area contributed by atoms with E-state index >= 15 is 0 Å². The van der Waals surface area contributed by atoms with Gasteiger partial charge in [0.25, 0.3) is 0 Å². The smallest absolute Gasteiger partial charge is 0.217 e. The largest absolute Gasteiger partial charge is 0.370 e. The Kier molecular flexibility index (Phi) is 5.31. The van der Waals surface area contributed by atoms with Crippen LogP contribution in [0, 0.1) is 0 Å². The SMILES string of the molecule is NC(=O)CCc1c(Sc2[nH]c3ccccc3c2CCC(N)=O)[nH]c2ccccc12. The van der Waals surface area contributed by atoms with Crippen molar-refractivity contribution in [2.24, 2.45) is 11.5 Å². The molecular weight excluding hydrogens is 384 g/mol. The Morgan fingerprint density at radius 3 is 1.55 bits per heavy atom. The first-order valence-electron chi connectivity index (χ1n) is 9.46. The van der Waals surface area contributed by atoms with E-state index in [0.29, 0.717) is 12.8 Å². The molecule has 0 saturated carbocycles. The van der Waals surface area contributed by atoms with Crippen LogP contribution in [0.3, 0.4) is 0 Å². The summed E-state index contributed by atoms with van der Waals surface area (Å²) in [5.74, 6) is -0.641. The maximum atomic E-state index is 11.4. The predicted molar refractivity (Wildman–Crippen MR) is 116 cm³/mol. The minimum atomic E-state index is -0.320. The number of H-pyrrole nitrogens is 2. The number of nitrogens with two attached hydrogens (primary N) is 2. The molecule has 6 N–H and O–H groups in total. The molecule has 0 aliphatic heterocycles. The van der Waals surface area contributed by atoms with Crippen LogP contribution in [0.4, 0.5) is 0 Å². The van der Waals surface area contributed by atoms with Crippen LogP contribution in [-0.4, -0.2) is 21.8 Å². The van der Waals surface area contributed by atoms with Crippen LogP contribution in [0.15, 0.2) is 58.6 Å². The van der Waals surface area contributed by atoms with Gasteiger partial charge in [0.05, 0.1) is 10.1 Å². The molecule has 0 radical (unpaired) electrons. The molecule has 0 atom stereocenters. The Bertz CT molecular complexity index is 1110. The van der Waals surface area contributed by atoms with Gasteiger partial charge in [-0.05, 0) is 36.1 Å².